The number of benzene rings is 3. The first-order chi connectivity index (χ1) is 17.3. The molecule has 182 valence electrons. The SMILES string of the molecule is O=C(Nc1ccc(S(=O)(=O)Nc2nccs2)cc1)/C(=C/c1ccccc1Cl)NC(=O)c1ccccc1. The zero-order chi connectivity index (χ0) is 25.5. The van der Waals surface area contributed by atoms with Crippen molar-refractivity contribution in [3.05, 3.63) is 112 Å². The molecule has 0 unspecified atom stereocenters. The third-order valence-corrected chi connectivity index (χ3v) is 7.33. The molecule has 4 rings (SSSR count). The average Bonchev–Trinajstić information content (AvgIpc) is 3.38. The number of hydrogen-bond donors (Lipinski definition) is 3. The molecule has 0 spiro atoms. The molecule has 0 fully saturated rings. The monoisotopic (exact) mass is 538 g/mol. The zero-order valence-electron chi connectivity index (χ0n) is 18.5. The van der Waals surface area contributed by atoms with Crippen LogP contribution in [0.25, 0.3) is 6.08 Å². The molecule has 0 aliphatic rings. The molecule has 1 aromatic heterocycles. The van der Waals surface area contributed by atoms with E-state index in [1.807, 2.05) is 0 Å². The number of thiazole rings is 1. The molecule has 1 heterocycles. The van der Waals surface area contributed by atoms with Crippen LogP contribution in [-0.4, -0.2) is 25.2 Å². The summed E-state index contributed by atoms with van der Waals surface area (Å²) in [5, 5.41) is 7.60. The Morgan fingerprint density at radius 3 is 2.28 bits per heavy atom. The number of carbonyl (C=O) groups is 2. The van der Waals surface area contributed by atoms with E-state index in [0.717, 1.165) is 11.3 Å². The molecule has 8 nitrogen and oxygen atoms in total. The summed E-state index contributed by atoms with van der Waals surface area (Å²) in [4.78, 5) is 29.8. The number of aromatic nitrogens is 1. The number of nitrogens with zero attached hydrogens (tertiary/aromatic N) is 1. The zero-order valence-corrected chi connectivity index (χ0v) is 20.9. The van der Waals surface area contributed by atoms with Crippen molar-refractivity contribution in [1.82, 2.24) is 10.3 Å². The fourth-order valence-electron chi connectivity index (χ4n) is 3.05. The largest absolute Gasteiger partial charge is 0.321 e. The van der Waals surface area contributed by atoms with Crippen molar-refractivity contribution >= 4 is 61.7 Å². The molecule has 36 heavy (non-hydrogen) atoms. The number of hydrogen-bond acceptors (Lipinski definition) is 6. The highest BCUT2D eigenvalue weighted by Gasteiger charge is 2.18. The van der Waals surface area contributed by atoms with Crippen LogP contribution in [0.15, 0.2) is 101 Å². The molecule has 0 bridgehead atoms. The standard InChI is InChI=1S/C25H19ClN4O4S2/c26-21-9-5-4-8-18(21)16-22(29-23(31)17-6-2-1-3-7-17)24(32)28-19-10-12-20(13-11-19)36(33,34)30-25-27-14-15-35-25/h1-16H,(H,27,30)(H,28,32)(H,29,31)/b22-16-. The topological polar surface area (TPSA) is 117 Å². The van der Waals surface area contributed by atoms with Crippen LogP contribution >= 0.6 is 22.9 Å². The minimum absolute atomic E-state index is 0.0000812. The summed E-state index contributed by atoms with van der Waals surface area (Å²) < 4.78 is 27.4. The Hall–Kier alpha value is -3.99. The molecule has 0 aliphatic carbocycles. The summed E-state index contributed by atoms with van der Waals surface area (Å²) in [6.45, 7) is 0. The predicted octanol–water partition coefficient (Wildman–Crippen LogP) is 5.01. The van der Waals surface area contributed by atoms with E-state index < -0.39 is 21.8 Å². The summed E-state index contributed by atoms with van der Waals surface area (Å²) in [5.74, 6) is -1.09. The van der Waals surface area contributed by atoms with Gasteiger partial charge in [-0.05, 0) is 54.1 Å². The van der Waals surface area contributed by atoms with Crippen LogP contribution in [0, 0.1) is 0 Å². The number of carbonyl (C=O) groups excluding carboxylic acids is 2. The summed E-state index contributed by atoms with van der Waals surface area (Å²) in [6.07, 6.45) is 2.96. The van der Waals surface area contributed by atoms with Crippen LogP contribution in [0.1, 0.15) is 15.9 Å². The van der Waals surface area contributed by atoms with Gasteiger partial charge in [-0.15, -0.1) is 11.3 Å². The molecular formula is C25H19ClN4O4S2. The summed E-state index contributed by atoms with van der Waals surface area (Å²) in [7, 11) is -3.83. The maximum absolute atomic E-state index is 13.1. The first kappa shape index (κ1) is 25.1. The van der Waals surface area contributed by atoms with Gasteiger partial charge in [-0.25, -0.2) is 13.4 Å². The van der Waals surface area contributed by atoms with E-state index >= 15 is 0 Å². The second-order valence-electron chi connectivity index (χ2n) is 7.32. The Morgan fingerprint density at radius 2 is 1.61 bits per heavy atom. The van der Waals surface area contributed by atoms with Gasteiger partial charge in [0.05, 0.1) is 4.90 Å². The molecule has 11 heteroatoms. The first-order valence-electron chi connectivity index (χ1n) is 10.5. The Balaban J connectivity index is 1.55. The Kier molecular flexibility index (Phi) is 7.79. The molecule has 3 N–H and O–H groups in total. The second-order valence-corrected chi connectivity index (χ2v) is 10.3. The lowest BCUT2D eigenvalue weighted by atomic mass is 10.1. The summed E-state index contributed by atoms with van der Waals surface area (Å²) in [6, 6.07) is 20.9. The van der Waals surface area contributed by atoms with Gasteiger partial charge >= 0.3 is 0 Å². The fraction of sp³-hybridized carbons (Fsp3) is 0. The van der Waals surface area contributed by atoms with Crippen molar-refractivity contribution in [2.45, 2.75) is 4.90 Å². The molecular weight excluding hydrogens is 520 g/mol. The van der Waals surface area contributed by atoms with Crippen molar-refractivity contribution in [3.63, 3.8) is 0 Å². The number of rotatable bonds is 8. The number of amides is 2. The maximum atomic E-state index is 13.1. The summed E-state index contributed by atoms with van der Waals surface area (Å²) >= 11 is 7.40. The third-order valence-electron chi connectivity index (χ3n) is 4.81. The van der Waals surface area contributed by atoms with Gasteiger partial charge in [0.15, 0.2) is 5.13 Å². The minimum atomic E-state index is -3.83. The molecule has 3 aromatic carbocycles. The van der Waals surface area contributed by atoms with E-state index in [9.17, 15) is 18.0 Å². The normalized spacial score (nSPS) is 11.5. The summed E-state index contributed by atoms with van der Waals surface area (Å²) in [5.41, 5.74) is 1.19. The number of anilines is 2. The molecule has 0 aliphatic heterocycles. The highest BCUT2D eigenvalue weighted by atomic mass is 35.5. The van der Waals surface area contributed by atoms with Gasteiger partial charge in [-0.1, -0.05) is 48.0 Å². The highest BCUT2D eigenvalue weighted by Crippen LogP contribution is 2.21. The lowest BCUT2D eigenvalue weighted by molar-refractivity contribution is -0.113. The van der Waals surface area contributed by atoms with Gasteiger partial charge < -0.3 is 10.6 Å². The molecule has 0 saturated heterocycles. The van der Waals surface area contributed by atoms with Gasteiger partial charge in [0.25, 0.3) is 21.8 Å². The van der Waals surface area contributed by atoms with Crippen LogP contribution in [0.5, 0.6) is 0 Å². The number of nitrogens with one attached hydrogen (secondary N) is 3. The van der Waals surface area contributed by atoms with E-state index in [1.54, 1.807) is 60.0 Å². The lowest BCUT2D eigenvalue weighted by Crippen LogP contribution is -2.30. The average molecular weight is 539 g/mol. The molecule has 4 aromatic rings. The van der Waals surface area contributed by atoms with E-state index in [0.29, 0.717) is 21.8 Å². The maximum Gasteiger partial charge on any atom is 0.272 e. The molecule has 0 saturated carbocycles. The highest BCUT2D eigenvalue weighted by molar-refractivity contribution is 7.93. The van der Waals surface area contributed by atoms with Gasteiger partial charge in [0.2, 0.25) is 0 Å². The van der Waals surface area contributed by atoms with E-state index in [-0.39, 0.29) is 15.7 Å². The van der Waals surface area contributed by atoms with E-state index in [4.69, 9.17) is 11.6 Å². The molecule has 0 radical (unpaired) electrons. The van der Waals surface area contributed by atoms with Crippen LogP contribution in [0.2, 0.25) is 5.02 Å². The van der Waals surface area contributed by atoms with Crippen LogP contribution in [0.4, 0.5) is 10.8 Å². The lowest BCUT2D eigenvalue weighted by Gasteiger charge is -2.12. The Bertz CT molecular complexity index is 1510. The fourth-order valence-corrected chi connectivity index (χ4v) is 5.03. The second kappa shape index (κ2) is 11.2. The van der Waals surface area contributed by atoms with Crippen molar-refractivity contribution in [3.8, 4) is 0 Å². The number of halogens is 1. The first-order valence-corrected chi connectivity index (χ1v) is 13.2. The van der Waals surface area contributed by atoms with Gasteiger partial charge in [-0.3, -0.25) is 14.3 Å². The van der Waals surface area contributed by atoms with Crippen LogP contribution in [0.3, 0.4) is 0 Å². The number of sulfonamides is 1. The van der Waals surface area contributed by atoms with Crippen LogP contribution in [-0.2, 0) is 14.8 Å². The third kappa shape index (κ3) is 6.36. The van der Waals surface area contributed by atoms with Crippen molar-refractivity contribution in [2.75, 3.05) is 10.0 Å². The van der Waals surface area contributed by atoms with E-state index in [2.05, 4.69) is 20.3 Å². The van der Waals surface area contributed by atoms with Gasteiger partial charge in [0, 0.05) is 27.9 Å². The van der Waals surface area contributed by atoms with E-state index in [1.165, 1.54) is 36.5 Å². The van der Waals surface area contributed by atoms with Crippen LogP contribution < -0.4 is 15.4 Å². The molecule has 0 atom stereocenters. The Labute approximate surface area is 216 Å². The minimum Gasteiger partial charge on any atom is -0.321 e. The van der Waals surface area contributed by atoms with Crippen molar-refractivity contribution in [1.29, 1.82) is 0 Å². The smallest absolute Gasteiger partial charge is 0.272 e. The quantitative estimate of drug-likeness (QED) is 0.273. The van der Waals surface area contributed by atoms with Gasteiger partial charge in [-0.2, -0.15) is 0 Å². The predicted molar refractivity (Wildman–Crippen MR) is 141 cm³/mol. The van der Waals surface area contributed by atoms with Crippen molar-refractivity contribution in [2.24, 2.45) is 0 Å². The molecule has 2 amide bonds. The van der Waals surface area contributed by atoms with Crippen molar-refractivity contribution < 1.29 is 18.0 Å². The van der Waals surface area contributed by atoms with Gasteiger partial charge in [0.1, 0.15) is 5.70 Å². The Morgan fingerprint density at radius 1 is 0.917 bits per heavy atom.